The molecule has 8 heteroatoms. The number of rotatable bonds is 5. The van der Waals surface area contributed by atoms with Gasteiger partial charge in [0.05, 0.1) is 18.8 Å². The fourth-order valence-electron chi connectivity index (χ4n) is 3.38. The lowest BCUT2D eigenvalue weighted by Crippen LogP contribution is -2.11. The van der Waals surface area contributed by atoms with E-state index in [1.807, 2.05) is 0 Å². The van der Waals surface area contributed by atoms with Crippen molar-refractivity contribution in [2.75, 3.05) is 7.11 Å². The molecule has 1 saturated carbocycles. The molecule has 0 unspecified atom stereocenters. The van der Waals surface area contributed by atoms with Crippen molar-refractivity contribution in [1.29, 1.82) is 0 Å². The Morgan fingerprint density at radius 2 is 1.79 bits per heavy atom. The zero-order valence-electron chi connectivity index (χ0n) is 15.7. The van der Waals surface area contributed by atoms with Gasteiger partial charge in [0.25, 0.3) is 5.89 Å². The van der Waals surface area contributed by atoms with E-state index in [9.17, 15) is 13.2 Å². The van der Waals surface area contributed by atoms with Gasteiger partial charge < -0.3 is 14.0 Å². The predicted molar refractivity (Wildman–Crippen MR) is 99.6 cm³/mol. The molecular formula is C21H19F3N2O3. The van der Waals surface area contributed by atoms with Crippen LogP contribution in [-0.2, 0) is 6.18 Å². The van der Waals surface area contributed by atoms with Crippen LogP contribution in [0.25, 0.3) is 22.8 Å². The Bertz CT molecular complexity index is 995. The highest BCUT2D eigenvalue weighted by atomic mass is 19.4. The highest BCUT2D eigenvalue weighted by molar-refractivity contribution is 5.63. The molecule has 3 aromatic rings. The summed E-state index contributed by atoms with van der Waals surface area (Å²) < 4.78 is 55.5. The molecule has 0 amide bonds. The first-order valence-corrected chi connectivity index (χ1v) is 9.30. The smallest absolute Gasteiger partial charge is 0.416 e. The number of ether oxygens (including phenoxy) is 2. The average Bonchev–Trinajstić information content (AvgIpc) is 3.39. The Labute approximate surface area is 165 Å². The molecule has 0 atom stereocenters. The van der Waals surface area contributed by atoms with Crippen LogP contribution in [0.3, 0.4) is 0 Å². The van der Waals surface area contributed by atoms with Gasteiger partial charge >= 0.3 is 6.18 Å². The number of hydrogen-bond acceptors (Lipinski definition) is 5. The third kappa shape index (κ3) is 4.21. The van der Waals surface area contributed by atoms with E-state index < -0.39 is 11.7 Å². The lowest BCUT2D eigenvalue weighted by atomic mass is 10.1. The lowest BCUT2D eigenvalue weighted by molar-refractivity contribution is -0.137. The SMILES string of the molecule is COc1ccc(-c2noc(-c3cccc(C(F)(F)F)c3)n2)cc1OC1CCCC1. The van der Waals surface area contributed by atoms with Crippen LogP contribution >= 0.6 is 0 Å². The van der Waals surface area contributed by atoms with Crippen LogP contribution in [0.15, 0.2) is 47.0 Å². The third-order valence-corrected chi connectivity index (χ3v) is 4.88. The van der Waals surface area contributed by atoms with E-state index in [1.54, 1.807) is 25.3 Å². The summed E-state index contributed by atoms with van der Waals surface area (Å²) in [6, 6.07) is 10.0. The minimum absolute atomic E-state index is 0.0141. The summed E-state index contributed by atoms with van der Waals surface area (Å²) in [4.78, 5) is 4.26. The molecule has 1 fully saturated rings. The van der Waals surface area contributed by atoms with Crippen molar-refractivity contribution in [3.05, 3.63) is 48.0 Å². The van der Waals surface area contributed by atoms with Gasteiger partial charge in [-0.05, 0) is 62.1 Å². The molecule has 1 heterocycles. The fourth-order valence-corrected chi connectivity index (χ4v) is 3.38. The van der Waals surface area contributed by atoms with Gasteiger partial charge in [-0.1, -0.05) is 11.2 Å². The maximum atomic E-state index is 12.9. The molecule has 5 nitrogen and oxygen atoms in total. The third-order valence-electron chi connectivity index (χ3n) is 4.88. The van der Waals surface area contributed by atoms with Crippen molar-refractivity contribution < 1.29 is 27.2 Å². The summed E-state index contributed by atoms with van der Waals surface area (Å²) in [5, 5.41) is 3.92. The number of alkyl halides is 3. The Kier molecular flexibility index (Phi) is 5.17. The molecule has 1 aromatic heterocycles. The first kappa shape index (κ1) is 19.3. The van der Waals surface area contributed by atoms with E-state index in [4.69, 9.17) is 14.0 Å². The molecule has 0 bridgehead atoms. The molecular weight excluding hydrogens is 385 g/mol. The van der Waals surface area contributed by atoms with Crippen molar-refractivity contribution >= 4 is 0 Å². The summed E-state index contributed by atoms with van der Waals surface area (Å²) in [6.45, 7) is 0. The van der Waals surface area contributed by atoms with E-state index in [0.29, 0.717) is 17.1 Å². The van der Waals surface area contributed by atoms with Crippen molar-refractivity contribution in [1.82, 2.24) is 10.1 Å². The van der Waals surface area contributed by atoms with Crippen LogP contribution in [0.4, 0.5) is 13.2 Å². The average molecular weight is 404 g/mol. The monoisotopic (exact) mass is 404 g/mol. The van der Waals surface area contributed by atoms with Crippen LogP contribution in [0, 0.1) is 0 Å². The summed E-state index contributed by atoms with van der Waals surface area (Å²) in [5.74, 6) is 1.46. The van der Waals surface area contributed by atoms with E-state index >= 15 is 0 Å². The second-order valence-electron chi connectivity index (χ2n) is 6.89. The Hall–Kier alpha value is -3.03. The van der Waals surface area contributed by atoms with Gasteiger partial charge in [0.2, 0.25) is 5.82 Å². The second-order valence-corrected chi connectivity index (χ2v) is 6.89. The van der Waals surface area contributed by atoms with Crippen LogP contribution in [-0.4, -0.2) is 23.4 Å². The number of hydrogen-bond donors (Lipinski definition) is 0. The van der Waals surface area contributed by atoms with Gasteiger partial charge in [-0.25, -0.2) is 0 Å². The Morgan fingerprint density at radius 3 is 2.52 bits per heavy atom. The molecule has 1 aliphatic rings. The van der Waals surface area contributed by atoms with Crippen LogP contribution in [0.5, 0.6) is 11.5 Å². The molecule has 0 saturated heterocycles. The maximum Gasteiger partial charge on any atom is 0.416 e. The highest BCUT2D eigenvalue weighted by Gasteiger charge is 2.31. The molecule has 2 aromatic carbocycles. The fraction of sp³-hybridized carbons (Fsp3) is 0.333. The number of methoxy groups -OCH3 is 1. The minimum atomic E-state index is -4.44. The summed E-state index contributed by atoms with van der Waals surface area (Å²) >= 11 is 0. The predicted octanol–water partition coefficient (Wildman–Crippen LogP) is 5.75. The van der Waals surface area contributed by atoms with Gasteiger partial charge in [-0.2, -0.15) is 18.2 Å². The first-order chi connectivity index (χ1) is 13.9. The zero-order valence-corrected chi connectivity index (χ0v) is 15.7. The van der Waals surface area contributed by atoms with Crippen molar-refractivity contribution in [2.24, 2.45) is 0 Å². The summed E-state index contributed by atoms with van der Waals surface area (Å²) in [6.07, 6.45) is -0.0353. The number of nitrogens with zero attached hydrogens (tertiary/aromatic N) is 2. The van der Waals surface area contributed by atoms with Gasteiger partial charge in [-0.3, -0.25) is 0 Å². The molecule has 0 radical (unpaired) electrons. The lowest BCUT2D eigenvalue weighted by Gasteiger charge is -2.16. The van der Waals surface area contributed by atoms with E-state index in [2.05, 4.69) is 10.1 Å². The number of aromatic nitrogens is 2. The Balaban J connectivity index is 1.62. The number of benzene rings is 2. The van der Waals surface area contributed by atoms with Crippen molar-refractivity contribution in [3.63, 3.8) is 0 Å². The van der Waals surface area contributed by atoms with Gasteiger partial charge in [0.15, 0.2) is 11.5 Å². The summed E-state index contributed by atoms with van der Waals surface area (Å²) in [7, 11) is 1.57. The van der Waals surface area contributed by atoms with Crippen LogP contribution < -0.4 is 9.47 Å². The molecule has 29 heavy (non-hydrogen) atoms. The molecule has 0 N–H and O–H groups in total. The van der Waals surface area contributed by atoms with Crippen LogP contribution in [0.1, 0.15) is 31.2 Å². The highest BCUT2D eigenvalue weighted by Crippen LogP contribution is 2.36. The normalized spacial score (nSPS) is 14.9. The molecule has 1 aliphatic carbocycles. The molecule has 152 valence electrons. The van der Waals surface area contributed by atoms with Gasteiger partial charge in [-0.15, -0.1) is 0 Å². The van der Waals surface area contributed by atoms with E-state index in [1.165, 1.54) is 12.1 Å². The van der Waals surface area contributed by atoms with Crippen molar-refractivity contribution in [2.45, 2.75) is 38.0 Å². The van der Waals surface area contributed by atoms with Crippen LogP contribution in [0.2, 0.25) is 0 Å². The van der Waals surface area contributed by atoms with Gasteiger partial charge in [0, 0.05) is 11.1 Å². The Morgan fingerprint density at radius 1 is 1.00 bits per heavy atom. The second kappa shape index (κ2) is 7.77. The maximum absolute atomic E-state index is 12.9. The van der Waals surface area contributed by atoms with E-state index in [-0.39, 0.29) is 23.4 Å². The number of halogens is 3. The minimum Gasteiger partial charge on any atom is -0.493 e. The zero-order chi connectivity index (χ0) is 20.4. The topological polar surface area (TPSA) is 57.4 Å². The van der Waals surface area contributed by atoms with E-state index in [0.717, 1.165) is 37.8 Å². The molecule has 0 spiro atoms. The molecule has 4 rings (SSSR count). The van der Waals surface area contributed by atoms with Crippen molar-refractivity contribution in [3.8, 4) is 34.3 Å². The quantitative estimate of drug-likeness (QED) is 0.542. The molecule has 0 aliphatic heterocycles. The standard InChI is InChI=1S/C21H19F3N2O3/c1-27-17-10-9-13(12-18(17)28-16-7-2-3-8-16)19-25-20(29-26-19)14-5-4-6-15(11-14)21(22,23)24/h4-6,9-12,16H,2-3,7-8H2,1H3. The van der Waals surface area contributed by atoms with Gasteiger partial charge in [0.1, 0.15) is 0 Å². The first-order valence-electron chi connectivity index (χ1n) is 9.30. The summed E-state index contributed by atoms with van der Waals surface area (Å²) in [5.41, 5.74) is 0.0572. The largest absolute Gasteiger partial charge is 0.493 e.